The van der Waals surface area contributed by atoms with E-state index in [9.17, 15) is 0 Å². The van der Waals surface area contributed by atoms with Gasteiger partial charge in [0.2, 0.25) is 0 Å². The highest BCUT2D eigenvalue weighted by atomic mass is 16.5. The highest BCUT2D eigenvalue weighted by molar-refractivity contribution is 5.44. The van der Waals surface area contributed by atoms with Crippen LogP contribution in [0.1, 0.15) is 41.7 Å². The van der Waals surface area contributed by atoms with E-state index < -0.39 is 0 Å². The summed E-state index contributed by atoms with van der Waals surface area (Å²) in [4.78, 5) is 0. The number of benzene rings is 4. The molecule has 0 heterocycles. The fraction of sp³-hybridized carbons (Fsp3) is 0.200. The average Bonchev–Trinajstić information content (AvgIpc) is 2.77. The van der Waals surface area contributed by atoms with Crippen LogP contribution in [0.25, 0.3) is 0 Å². The van der Waals surface area contributed by atoms with Crippen molar-refractivity contribution in [2.45, 2.75) is 40.0 Å². The lowest BCUT2D eigenvalue weighted by Gasteiger charge is -2.26. The first-order valence-corrected chi connectivity index (χ1v) is 11.0. The molecule has 0 saturated heterocycles. The van der Waals surface area contributed by atoms with Crippen LogP contribution in [0.15, 0.2) is 91.0 Å². The van der Waals surface area contributed by atoms with Gasteiger partial charge in [0, 0.05) is 5.41 Å². The van der Waals surface area contributed by atoms with Crippen LogP contribution in [0.4, 0.5) is 0 Å². The van der Waals surface area contributed by atoms with Crippen molar-refractivity contribution in [2.24, 2.45) is 0 Å². The van der Waals surface area contributed by atoms with E-state index in [4.69, 9.17) is 9.47 Å². The molecule has 0 spiro atoms. The van der Waals surface area contributed by atoms with E-state index >= 15 is 0 Å². The molecule has 0 bridgehead atoms. The Morgan fingerprint density at radius 1 is 0.500 bits per heavy atom. The lowest BCUT2D eigenvalue weighted by Crippen LogP contribution is -2.18. The van der Waals surface area contributed by atoms with Crippen LogP contribution in [-0.2, 0) is 5.41 Å². The summed E-state index contributed by atoms with van der Waals surface area (Å²) >= 11 is 0. The second kappa shape index (κ2) is 8.92. The van der Waals surface area contributed by atoms with E-state index in [1.54, 1.807) is 0 Å². The summed E-state index contributed by atoms with van der Waals surface area (Å²) in [6, 6.07) is 31.0. The zero-order chi connectivity index (χ0) is 22.7. The Bertz CT molecular complexity index is 1200. The van der Waals surface area contributed by atoms with E-state index in [2.05, 4.69) is 77.1 Å². The van der Waals surface area contributed by atoms with Crippen LogP contribution < -0.4 is 9.47 Å². The molecule has 4 rings (SSSR count). The van der Waals surface area contributed by atoms with Crippen LogP contribution >= 0.6 is 0 Å². The molecule has 0 amide bonds. The Morgan fingerprint density at radius 3 is 1.50 bits per heavy atom. The first kappa shape index (κ1) is 21.7. The van der Waals surface area contributed by atoms with Crippen LogP contribution in [-0.4, -0.2) is 0 Å². The molecule has 32 heavy (non-hydrogen) atoms. The minimum absolute atomic E-state index is 0.138. The van der Waals surface area contributed by atoms with Crippen LogP contribution in [0.2, 0.25) is 0 Å². The molecule has 0 aliphatic heterocycles. The van der Waals surface area contributed by atoms with Gasteiger partial charge in [-0.3, -0.25) is 0 Å². The zero-order valence-electron chi connectivity index (χ0n) is 19.5. The highest BCUT2D eigenvalue weighted by Gasteiger charge is 2.23. The number of hydrogen-bond donors (Lipinski definition) is 0. The Kier molecular flexibility index (Phi) is 6.05. The van der Waals surface area contributed by atoms with Gasteiger partial charge in [0.1, 0.15) is 23.0 Å². The Morgan fingerprint density at radius 2 is 1.00 bits per heavy atom. The molecule has 0 fully saturated rings. The molecule has 0 saturated carbocycles. The minimum Gasteiger partial charge on any atom is -0.457 e. The van der Waals surface area contributed by atoms with Crippen molar-refractivity contribution in [1.82, 2.24) is 0 Å². The fourth-order valence-electron chi connectivity index (χ4n) is 3.77. The largest absolute Gasteiger partial charge is 0.457 e. The summed E-state index contributed by atoms with van der Waals surface area (Å²) in [5, 5.41) is 0. The zero-order valence-corrected chi connectivity index (χ0v) is 19.5. The highest BCUT2D eigenvalue weighted by Crippen LogP contribution is 2.35. The molecule has 4 aromatic carbocycles. The second-order valence-corrected chi connectivity index (χ2v) is 8.94. The smallest absolute Gasteiger partial charge is 0.127 e. The molecule has 0 radical (unpaired) electrons. The minimum atomic E-state index is -0.138. The lowest BCUT2D eigenvalue weighted by molar-refractivity contribution is 0.480. The molecule has 0 atom stereocenters. The molecule has 0 aliphatic carbocycles. The Labute approximate surface area is 191 Å². The van der Waals surface area contributed by atoms with Gasteiger partial charge in [-0.25, -0.2) is 0 Å². The molecule has 0 aliphatic rings. The third kappa shape index (κ3) is 4.86. The van der Waals surface area contributed by atoms with E-state index in [0.29, 0.717) is 0 Å². The molecule has 162 valence electrons. The molecular weight excluding hydrogens is 392 g/mol. The first-order chi connectivity index (χ1) is 15.3. The molecule has 0 unspecified atom stereocenters. The van der Waals surface area contributed by atoms with Gasteiger partial charge in [-0.1, -0.05) is 56.3 Å². The maximum atomic E-state index is 6.05. The second-order valence-electron chi connectivity index (χ2n) is 8.94. The van der Waals surface area contributed by atoms with Gasteiger partial charge < -0.3 is 9.47 Å². The summed E-state index contributed by atoms with van der Waals surface area (Å²) < 4.78 is 12.1. The fourth-order valence-corrected chi connectivity index (χ4v) is 3.77. The topological polar surface area (TPSA) is 18.5 Å². The van der Waals surface area contributed by atoms with Gasteiger partial charge >= 0.3 is 0 Å². The van der Waals surface area contributed by atoms with Gasteiger partial charge in [0.15, 0.2) is 0 Å². The molecule has 0 N–H and O–H groups in total. The third-order valence-electron chi connectivity index (χ3n) is 6.09. The number of hydrogen-bond acceptors (Lipinski definition) is 2. The van der Waals surface area contributed by atoms with Gasteiger partial charge in [0.05, 0.1) is 0 Å². The maximum absolute atomic E-state index is 6.05. The third-order valence-corrected chi connectivity index (χ3v) is 6.09. The Balaban J connectivity index is 1.48. The molecular formula is C30H30O2. The molecule has 4 aromatic rings. The van der Waals surface area contributed by atoms with E-state index in [1.807, 2.05) is 48.5 Å². The summed E-state index contributed by atoms with van der Waals surface area (Å²) in [7, 11) is 0. The summed E-state index contributed by atoms with van der Waals surface area (Å²) in [6.45, 7) is 10.8. The molecule has 0 aromatic heterocycles. The van der Waals surface area contributed by atoms with E-state index in [1.165, 1.54) is 27.8 Å². The van der Waals surface area contributed by atoms with Crippen molar-refractivity contribution in [3.05, 3.63) is 119 Å². The summed E-state index contributed by atoms with van der Waals surface area (Å²) in [5.74, 6) is 3.41. The monoisotopic (exact) mass is 422 g/mol. The van der Waals surface area contributed by atoms with Gasteiger partial charge in [-0.15, -0.1) is 0 Å². The summed E-state index contributed by atoms with van der Waals surface area (Å²) in [5.41, 5.74) is 6.01. The summed E-state index contributed by atoms with van der Waals surface area (Å²) in [6.07, 6.45) is 0. The number of rotatable bonds is 6. The molecule has 2 heteroatoms. The predicted octanol–water partition coefficient (Wildman–Crippen LogP) is 8.52. The van der Waals surface area contributed by atoms with Gasteiger partial charge in [0.25, 0.3) is 0 Å². The average molecular weight is 423 g/mol. The van der Waals surface area contributed by atoms with Gasteiger partial charge in [-0.05, 0) is 97.1 Å². The SMILES string of the molecule is Cc1cccc(Oc2ccc(C(C)(C)c3ccc(Oc4ccc(C)c(C)c4)cc3)cc2)c1. The van der Waals surface area contributed by atoms with Crippen LogP contribution in [0.3, 0.4) is 0 Å². The first-order valence-electron chi connectivity index (χ1n) is 11.0. The number of aryl methyl sites for hydroxylation is 3. The van der Waals surface area contributed by atoms with Gasteiger partial charge in [-0.2, -0.15) is 0 Å². The van der Waals surface area contributed by atoms with Crippen molar-refractivity contribution in [3.63, 3.8) is 0 Å². The molecule has 2 nitrogen and oxygen atoms in total. The van der Waals surface area contributed by atoms with E-state index in [0.717, 1.165) is 23.0 Å². The number of ether oxygens (including phenoxy) is 2. The van der Waals surface area contributed by atoms with Crippen LogP contribution in [0, 0.1) is 20.8 Å². The van der Waals surface area contributed by atoms with Crippen molar-refractivity contribution in [3.8, 4) is 23.0 Å². The standard InChI is InChI=1S/C30H30O2/c1-21-7-6-8-28(19-21)31-26-15-10-24(11-16-26)30(4,5)25-12-17-27(18-13-25)32-29-14-9-22(2)23(3)20-29/h6-20H,1-5H3. The van der Waals surface area contributed by atoms with Crippen molar-refractivity contribution >= 4 is 0 Å². The van der Waals surface area contributed by atoms with Crippen molar-refractivity contribution in [2.75, 3.05) is 0 Å². The lowest BCUT2D eigenvalue weighted by atomic mass is 9.78. The Hall–Kier alpha value is -3.52. The maximum Gasteiger partial charge on any atom is 0.127 e. The van der Waals surface area contributed by atoms with Crippen molar-refractivity contribution in [1.29, 1.82) is 0 Å². The van der Waals surface area contributed by atoms with Crippen molar-refractivity contribution < 1.29 is 9.47 Å². The quantitative estimate of drug-likeness (QED) is 0.310. The predicted molar refractivity (Wildman–Crippen MR) is 132 cm³/mol. The van der Waals surface area contributed by atoms with E-state index in [-0.39, 0.29) is 5.41 Å². The van der Waals surface area contributed by atoms with Crippen LogP contribution in [0.5, 0.6) is 23.0 Å². The normalized spacial score (nSPS) is 11.3.